The van der Waals surface area contributed by atoms with Crippen LogP contribution < -0.4 is 10.0 Å². The van der Waals surface area contributed by atoms with Crippen LogP contribution in [0.25, 0.3) is 0 Å². The van der Waals surface area contributed by atoms with Gasteiger partial charge < -0.3 is 0 Å². The lowest BCUT2D eigenvalue weighted by Crippen LogP contribution is -2.13. The summed E-state index contributed by atoms with van der Waals surface area (Å²) in [6, 6.07) is 0. The Labute approximate surface area is 66.3 Å². The molecule has 0 amide bonds. The fourth-order valence-electron chi connectivity index (χ4n) is 0.439. The van der Waals surface area contributed by atoms with E-state index in [0.717, 1.165) is 4.68 Å². The minimum atomic E-state index is -3.82. The van der Waals surface area contributed by atoms with E-state index < -0.39 is 14.9 Å². The number of aromatic nitrogens is 2. The minimum Gasteiger partial charge on any atom is -0.255 e. The number of hydrogen-bond acceptors (Lipinski definition) is 5. The van der Waals surface area contributed by atoms with Gasteiger partial charge in [-0.3, -0.25) is 4.79 Å². The van der Waals surface area contributed by atoms with Crippen molar-refractivity contribution >= 4 is 21.4 Å². The molecule has 0 atom stereocenters. The van der Waals surface area contributed by atoms with E-state index in [2.05, 4.69) is 5.10 Å². The Morgan fingerprint density at radius 1 is 1.64 bits per heavy atom. The van der Waals surface area contributed by atoms with Crippen molar-refractivity contribution < 1.29 is 8.42 Å². The van der Waals surface area contributed by atoms with Crippen LogP contribution in [0.1, 0.15) is 0 Å². The molecule has 62 valence electrons. The van der Waals surface area contributed by atoms with E-state index in [1.807, 2.05) is 0 Å². The highest BCUT2D eigenvalue weighted by molar-refractivity contribution is 7.91. The Balaban J connectivity index is 3.41. The quantitative estimate of drug-likeness (QED) is 0.589. The third-order valence-electron chi connectivity index (χ3n) is 0.914. The Morgan fingerprint density at radius 3 is 2.36 bits per heavy atom. The van der Waals surface area contributed by atoms with Crippen molar-refractivity contribution in [2.24, 2.45) is 12.2 Å². The first-order valence-electron chi connectivity index (χ1n) is 2.48. The second kappa shape index (κ2) is 2.40. The molecule has 1 rings (SSSR count). The maximum absolute atomic E-state index is 10.7. The Kier molecular flexibility index (Phi) is 1.82. The molecule has 0 spiro atoms. The summed E-state index contributed by atoms with van der Waals surface area (Å²) >= 11 is 0.505. The van der Waals surface area contributed by atoms with E-state index >= 15 is 0 Å². The number of hydrogen-bond donors (Lipinski definition) is 1. The van der Waals surface area contributed by atoms with Crippen LogP contribution >= 0.6 is 11.3 Å². The topological polar surface area (TPSA) is 95.1 Å². The average molecular weight is 195 g/mol. The van der Waals surface area contributed by atoms with Crippen LogP contribution in [0.15, 0.2) is 9.13 Å². The van der Waals surface area contributed by atoms with Crippen molar-refractivity contribution in [2.75, 3.05) is 0 Å². The molecule has 0 aliphatic heterocycles. The van der Waals surface area contributed by atoms with E-state index in [9.17, 15) is 13.2 Å². The van der Waals surface area contributed by atoms with E-state index in [1.54, 1.807) is 0 Å². The molecule has 11 heavy (non-hydrogen) atoms. The molecule has 0 aromatic carbocycles. The summed E-state index contributed by atoms with van der Waals surface area (Å²) in [6.07, 6.45) is 0. The van der Waals surface area contributed by atoms with Gasteiger partial charge in [-0.25, -0.2) is 18.2 Å². The molecule has 1 aromatic heterocycles. The van der Waals surface area contributed by atoms with Crippen molar-refractivity contribution in [2.45, 2.75) is 4.34 Å². The molecule has 1 aromatic rings. The van der Waals surface area contributed by atoms with Gasteiger partial charge in [-0.2, -0.15) is 0 Å². The molecule has 0 aliphatic rings. The van der Waals surface area contributed by atoms with Crippen molar-refractivity contribution in [3.8, 4) is 0 Å². The van der Waals surface area contributed by atoms with Crippen LogP contribution in [0.3, 0.4) is 0 Å². The minimum absolute atomic E-state index is 0.356. The van der Waals surface area contributed by atoms with Crippen LogP contribution in [0.4, 0.5) is 0 Å². The van der Waals surface area contributed by atoms with Crippen LogP contribution in [-0.2, 0) is 17.1 Å². The fourth-order valence-corrected chi connectivity index (χ4v) is 1.84. The summed E-state index contributed by atoms with van der Waals surface area (Å²) in [4.78, 5) is 10.2. The first-order valence-corrected chi connectivity index (χ1v) is 4.84. The molecule has 0 radical (unpaired) electrons. The lowest BCUT2D eigenvalue weighted by atomic mass is 11.3. The van der Waals surface area contributed by atoms with Gasteiger partial charge in [-0.1, -0.05) is 0 Å². The van der Waals surface area contributed by atoms with Gasteiger partial charge in [0.2, 0.25) is 4.34 Å². The Hall–Kier alpha value is -0.730. The van der Waals surface area contributed by atoms with E-state index in [-0.39, 0.29) is 4.34 Å². The lowest BCUT2D eigenvalue weighted by Gasteiger charge is -1.85. The second-order valence-corrected chi connectivity index (χ2v) is 4.48. The molecule has 1 heterocycles. The second-order valence-electron chi connectivity index (χ2n) is 1.80. The van der Waals surface area contributed by atoms with E-state index in [1.165, 1.54) is 7.05 Å². The van der Waals surface area contributed by atoms with Crippen LogP contribution in [0.2, 0.25) is 0 Å². The number of rotatable bonds is 1. The van der Waals surface area contributed by atoms with Crippen molar-refractivity contribution in [3.63, 3.8) is 0 Å². The number of sulfonamides is 1. The molecule has 0 fully saturated rings. The maximum Gasteiger partial charge on any atom is 0.325 e. The fraction of sp³-hybridized carbons (Fsp3) is 0.333. The SMILES string of the molecule is Cn1nc(S(N)(=O)=O)sc1=O. The molecule has 6 nitrogen and oxygen atoms in total. The first kappa shape index (κ1) is 8.37. The van der Waals surface area contributed by atoms with Crippen molar-refractivity contribution in [1.82, 2.24) is 9.78 Å². The van der Waals surface area contributed by atoms with Gasteiger partial charge >= 0.3 is 4.87 Å². The van der Waals surface area contributed by atoms with E-state index in [0.29, 0.717) is 11.3 Å². The summed E-state index contributed by atoms with van der Waals surface area (Å²) in [5, 5.41) is 8.10. The predicted octanol–water partition coefficient (Wildman–Crippen LogP) is -1.51. The summed E-state index contributed by atoms with van der Waals surface area (Å²) in [5.41, 5.74) is 0. The van der Waals surface area contributed by atoms with Gasteiger partial charge in [-0.05, 0) is 11.3 Å². The molecule has 8 heteroatoms. The summed E-state index contributed by atoms with van der Waals surface area (Å²) in [7, 11) is -2.46. The number of aryl methyl sites for hydroxylation is 1. The van der Waals surface area contributed by atoms with Gasteiger partial charge in [-0.15, -0.1) is 5.10 Å². The maximum atomic E-state index is 10.7. The van der Waals surface area contributed by atoms with Crippen LogP contribution in [0.5, 0.6) is 0 Å². The monoisotopic (exact) mass is 195 g/mol. The number of nitrogens with zero attached hydrogens (tertiary/aromatic N) is 2. The van der Waals surface area contributed by atoms with Gasteiger partial charge in [0, 0.05) is 7.05 Å². The highest BCUT2D eigenvalue weighted by Crippen LogP contribution is 2.03. The first-order chi connectivity index (χ1) is 4.91. The van der Waals surface area contributed by atoms with Gasteiger partial charge in [0.1, 0.15) is 0 Å². The Morgan fingerprint density at radius 2 is 2.18 bits per heavy atom. The smallest absolute Gasteiger partial charge is 0.255 e. The standard InChI is InChI=1S/C3H5N3O3S2/c1-6-3(7)10-2(5-6)11(4,8)9/h1H3,(H2,4,8,9). The van der Waals surface area contributed by atoms with Crippen molar-refractivity contribution in [3.05, 3.63) is 9.67 Å². The number of primary sulfonamides is 1. The molecular formula is C3H5N3O3S2. The molecule has 0 saturated carbocycles. The normalized spacial score (nSPS) is 11.8. The highest BCUT2D eigenvalue weighted by atomic mass is 32.2. The lowest BCUT2D eigenvalue weighted by molar-refractivity contribution is 0.591. The molecule has 2 N–H and O–H groups in total. The molecule has 0 unspecified atom stereocenters. The zero-order chi connectivity index (χ0) is 8.65. The zero-order valence-corrected chi connectivity index (χ0v) is 7.15. The van der Waals surface area contributed by atoms with Gasteiger partial charge in [0.25, 0.3) is 10.0 Å². The average Bonchev–Trinajstić information content (AvgIpc) is 2.11. The highest BCUT2D eigenvalue weighted by Gasteiger charge is 2.14. The predicted molar refractivity (Wildman–Crippen MR) is 38.7 cm³/mol. The third kappa shape index (κ3) is 1.64. The molecule has 0 saturated heterocycles. The molecular weight excluding hydrogens is 190 g/mol. The van der Waals surface area contributed by atoms with Gasteiger partial charge in [0.05, 0.1) is 0 Å². The number of nitrogens with two attached hydrogens (primary N) is 1. The Bertz CT molecular complexity index is 413. The summed E-state index contributed by atoms with van der Waals surface area (Å²) in [5.74, 6) is 0. The largest absolute Gasteiger partial charge is 0.325 e. The molecule has 0 aliphatic carbocycles. The van der Waals surface area contributed by atoms with Gasteiger partial charge in [0.15, 0.2) is 0 Å². The van der Waals surface area contributed by atoms with Crippen LogP contribution in [0, 0.1) is 0 Å². The zero-order valence-electron chi connectivity index (χ0n) is 5.51. The third-order valence-corrected chi connectivity index (χ3v) is 3.12. The van der Waals surface area contributed by atoms with Crippen LogP contribution in [-0.4, -0.2) is 18.2 Å². The van der Waals surface area contributed by atoms with E-state index in [4.69, 9.17) is 5.14 Å². The van der Waals surface area contributed by atoms with Crippen molar-refractivity contribution in [1.29, 1.82) is 0 Å². The summed E-state index contributed by atoms with van der Waals surface area (Å²) in [6.45, 7) is 0. The molecule has 0 bridgehead atoms. The summed E-state index contributed by atoms with van der Waals surface area (Å²) < 4.78 is 21.7.